The number of hydrogen-bond donors (Lipinski definition) is 2. The molecule has 0 aliphatic carbocycles. The highest BCUT2D eigenvalue weighted by molar-refractivity contribution is 6.36. The smallest absolute Gasteiger partial charge is 0.270 e. The van der Waals surface area contributed by atoms with Crippen LogP contribution >= 0.6 is 23.2 Å². The molecule has 0 bridgehead atoms. The molecule has 122 valence electrons. The van der Waals surface area contributed by atoms with Crippen LogP contribution in [-0.4, -0.2) is 10.9 Å². The average molecular weight is 362 g/mol. The minimum absolute atomic E-state index is 0.275. The zero-order chi connectivity index (χ0) is 16.9. The number of furan rings is 1. The molecule has 3 aromatic rings. The van der Waals surface area contributed by atoms with E-state index in [0.29, 0.717) is 39.4 Å². The summed E-state index contributed by atoms with van der Waals surface area (Å²) in [5.74, 6) is 0.404. The average Bonchev–Trinajstić information content (AvgIpc) is 3.09. The van der Waals surface area contributed by atoms with Crippen molar-refractivity contribution in [3.05, 3.63) is 76.4 Å². The topological polar surface area (TPSA) is 67.2 Å². The molecule has 0 saturated carbocycles. The minimum atomic E-state index is -0.275. The zero-order valence-electron chi connectivity index (χ0n) is 12.4. The number of aromatic nitrogens is 1. The van der Waals surface area contributed by atoms with Gasteiger partial charge in [0.2, 0.25) is 0 Å². The van der Waals surface area contributed by atoms with E-state index in [2.05, 4.69) is 15.6 Å². The second-order valence-corrected chi connectivity index (χ2v) is 5.79. The van der Waals surface area contributed by atoms with Crippen molar-refractivity contribution in [1.82, 2.24) is 10.3 Å². The standard InChI is InChI=1S/C17H13Cl2N3O2/c18-11-3-5-15(14(19)8-11)22-12-4-6-16(20-9-12)17(23)21-10-13-2-1-7-24-13/h1-9,22H,10H2,(H,21,23). The van der Waals surface area contributed by atoms with E-state index in [9.17, 15) is 4.79 Å². The molecule has 2 N–H and O–H groups in total. The van der Waals surface area contributed by atoms with Crippen LogP contribution in [-0.2, 0) is 6.54 Å². The van der Waals surface area contributed by atoms with Gasteiger partial charge in [0.15, 0.2) is 0 Å². The lowest BCUT2D eigenvalue weighted by Crippen LogP contribution is -2.23. The van der Waals surface area contributed by atoms with Crippen LogP contribution in [0.2, 0.25) is 10.0 Å². The molecule has 2 aromatic heterocycles. The zero-order valence-corrected chi connectivity index (χ0v) is 13.9. The van der Waals surface area contributed by atoms with Crippen molar-refractivity contribution in [2.45, 2.75) is 6.54 Å². The molecule has 7 heteroatoms. The number of anilines is 2. The maximum absolute atomic E-state index is 12.0. The largest absolute Gasteiger partial charge is 0.467 e. The fraction of sp³-hybridized carbons (Fsp3) is 0.0588. The van der Waals surface area contributed by atoms with Crippen LogP contribution in [0.5, 0.6) is 0 Å². The van der Waals surface area contributed by atoms with Gasteiger partial charge >= 0.3 is 0 Å². The molecule has 1 amide bonds. The number of benzene rings is 1. The number of carbonyl (C=O) groups excluding carboxylic acids is 1. The molecule has 24 heavy (non-hydrogen) atoms. The van der Waals surface area contributed by atoms with Crippen molar-refractivity contribution in [3.63, 3.8) is 0 Å². The van der Waals surface area contributed by atoms with Crippen LogP contribution in [0.4, 0.5) is 11.4 Å². The van der Waals surface area contributed by atoms with E-state index in [1.165, 1.54) is 0 Å². The Morgan fingerprint density at radius 1 is 1.17 bits per heavy atom. The molecule has 0 unspecified atom stereocenters. The Labute approximate surface area is 148 Å². The molecule has 5 nitrogen and oxygen atoms in total. The highest BCUT2D eigenvalue weighted by Crippen LogP contribution is 2.27. The van der Waals surface area contributed by atoms with Gasteiger partial charge < -0.3 is 15.1 Å². The first-order valence-corrected chi connectivity index (χ1v) is 7.86. The first-order chi connectivity index (χ1) is 11.6. The number of rotatable bonds is 5. The highest BCUT2D eigenvalue weighted by Gasteiger charge is 2.08. The van der Waals surface area contributed by atoms with Crippen molar-refractivity contribution >= 4 is 40.5 Å². The Morgan fingerprint density at radius 3 is 2.71 bits per heavy atom. The summed E-state index contributed by atoms with van der Waals surface area (Å²) in [6, 6.07) is 12.1. The van der Waals surface area contributed by atoms with Gasteiger partial charge in [-0.3, -0.25) is 4.79 Å². The minimum Gasteiger partial charge on any atom is -0.467 e. The van der Waals surface area contributed by atoms with Gasteiger partial charge in [-0.25, -0.2) is 4.98 Å². The number of carbonyl (C=O) groups is 1. The van der Waals surface area contributed by atoms with Crippen molar-refractivity contribution in [1.29, 1.82) is 0 Å². The summed E-state index contributed by atoms with van der Waals surface area (Å²) in [4.78, 5) is 16.2. The van der Waals surface area contributed by atoms with Crippen molar-refractivity contribution < 1.29 is 9.21 Å². The maximum atomic E-state index is 12.0. The molecule has 3 rings (SSSR count). The quantitative estimate of drug-likeness (QED) is 0.693. The lowest BCUT2D eigenvalue weighted by molar-refractivity contribution is 0.0943. The Balaban J connectivity index is 1.63. The Kier molecular flexibility index (Phi) is 5.03. The lowest BCUT2D eigenvalue weighted by atomic mass is 10.2. The van der Waals surface area contributed by atoms with Crippen LogP contribution in [0.3, 0.4) is 0 Å². The van der Waals surface area contributed by atoms with E-state index >= 15 is 0 Å². The Bertz CT molecular complexity index is 834. The molecule has 0 spiro atoms. The molecule has 0 fully saturated rings. The van der Waals surface area contributed by atoms with Crippen LogP contribution in [0.1, 0.15) is 16.2 Å². The van der Waals surface area contributed by atoms with Gasteiger partial charge in [0, 0.05) is 5.02 Å². The highest BCUT2D eigenvalue weighted by atomic mass is 35.5. The van der Waals surface area contributed by atoms with Gasteiger partial charge in [0.05, 0.1) is 35.4 Å². The second kappa shape index (κ2) is 7.38. The molecule has 2 heterocycles. The number of hydrogen-bond acceptors (Lipinski definition) is 4. The van der Waals surface area contributed by atoms with Crippen molar-refractivity contribution in [3.8, 4) is 0 Å². The number of nitrogens with zero attached hydrogens (tertiary/aromatic N) is 1. The normalized spacial score (nSPS) is 10.4. The van der Waals surface area contributed by atoms with Crippen LogP contribution in [0.25, 0.3) is 0 Å². The lowest BCUT2D eigenvalue weighted by Gasteiger charge is -2.09. The maximum Gasteiger partial charge on any atom is 0.270 e. The third kappa shape index (κ3) is 4.07. The third-order valence-corrected chi connectivity index (χ3v) is 3.76. The molecular weight excluding hydrogens is 349 g/mol. The summed E-state index contributed by atoms with van der Waals surface area (Å²) < 4.78 is 5.16. The van der Waals surface area contributed by atoms with Crippen LogP contribution in [0, 0.1) is 0 Å². The van der Waals surface area contributed by atoms with E-state index in [4.69, 9.17) is 27.6 Å². The molecule has 1 aromatic carbocycles. The molecule has 0 atom stereocenters. The summed E-state index contributed by atoms with van der Waals surface area (Å²) in [7, 11) is 0. The Hall–Kier alpha value is -2.50. The summed E-state index contributed by atoms with van der Waals surface area (Å²) >= 11 is 12.0. The number of amides is 1. The van der Waals surface area contributed by atoms with Gasteiger partial charge in [0.1, 0.15) is 11.5 Å². The molecular formula is C17H13Cl2N3O2. The fourth-order valence-electron chi connectivity index (χ4n) is 2.02. The van der Waals surface area contributed by atoms with Crippen molar-refractivity contribution in [2.75, 3.05) is 5.32 Å². The summed E-state index contributed by atoms with van der Waals surface area (Å²) in [6.45, 7) is 0.313. The van der Waals surface area contributed by atoms with E-state index in [1.807, 2.05) is 0 Å². The van der Waals surface area contributed by atoms with Crippen molar-refractivity contribution in [2.24, 2.45) is 0 Å². The van der Waals surface area contributed by atoms with E-state index in [-0.39, 0.29) is 5.91 Å². The fourth-order valence-corrected chi connectivity index (χ4v) is 2.48. The van der Waals surface area contributed by atoms with Gasteiger partial charge in [-0.1, -0.05) is 23.2 Å². The molecule has 0 radical (unpaired) electrons. The second-order valence-electron chi connectivity index (χ2n) is 4.94. The Morgan fingerprint density at radius 2 is 2.04 bits per heavy atom. The van der Waals surface area contributed by atoms with Gasteiger partial charge in [-0.05, 0) is 42.5 Å². The SMILES string of the molecule is O=C(NCc1ccco1)c1ccc(Nc2ccc(Cl)cc2Cl)cn1. The summed E-state index contributed by atoms with van der Waals surface area (Å²) in [5, 5.41) is 6.92. The monoisotopic (exact) mass is 361 g/mol. The third-order valence-electron chi connectivity index (χ3n) is 3.21. The molecule has 0 aliphatic heterocycles. The number of nitrogens with one attached hydrogen (secondary N) is 2. The number of halogens is 2. The van der Waals surface area contributed by atoms with Crippen LogP contribution in [0.15, 0.2) is 59.3 Å². The van der Waals surface area contributed by atoms with Gasteiger partial charge in [-0.15, -0.1) is 0 Å². The summed E-state index contributed by atoms with van der Waals surface area (Å²) in [6.07, 6.45) is 3.12. The summed E-state index contributed by atoms with van der Waals surface area (Å²) in [5.41, 5.74) is 1.73. The predicted octanol–water partition coefficient (Wildman–Crippen LogP) is 4.66. The van der Waals surface area contributed by atoms with Crippen LogP contribution < -0.4 is 10.6 Å². The number of pyridine rings is 1. The van der Waals surface area contributed by atoms with E-state index < -0.39 is 0 Å². The first-order valence-electron chi connectivity index (χ1n) is 7.10. The van der Waals surface area contributed by atoms with E-state index in [1.54, 1.807) is 54.9 Å². The van der Waals surface area contributed by atoms with Gasteiger partial charge in [0.25, 0.3) is 5.91 Å². The predicted molar refractivity (Wildman–Crippen MR) is 93.9 cm³/mol. The van der Waals surface area contributed by atoms with E-state index in [0.717, 1.165) is 0 Å². The van der Waals surface area contributed by atoms with Gasteiger partial charge in [-0.2, -0.15) is 0 Å². The first kappa shape index (κ1) is 16.4. The molecule has 0 saturated heterocycles. The molecule has 0 aliphatic rings.